The molecule has 0 amide bonds. The van der Waals surface area contributed by atoms with Crippen molar-refractivity contribution < 1.29 is 9.47 Å². The Kier molecular flexibility index (Phi) is 5.15. The number of halogens is 1. The minimum Gasteiger partial charge on any atom is -0.493 e. The number of methoxy groups -OCH3 is 1. The van der Waals surface area contributed by atoms with Gasteiger partial charge in [0.1, 0.15) is 0 Å². The van der Waals surface area contributed by atoms with Crippen LogP contribution in [0.4, 0.5) is 0 Å². The lowest BCUT2D eigenvalue weighted by Crippen LogP contribution is -2.23. The van der Waals surface area contributed by atoms with Crippen molar-refractivity contribution in [2.45, 2.75) is 6.92 Å². The van der Waals surface area contributed by atoms with E-state index in [1.807, 2.05) is 49.4 Å². The Labute approximate surface area is 173 Å². The highest BCUT2D eigenvalue weighted by Crippen LogP contribution is 2.28. The van der Waals surface area contributed by atoms with E-state index in [1.54, 1.807) is 13.2 Å². The van der Waals surface area contributed by atoms with Crippen LogP contribution >= 0.6 is 27.3 Å². The van der Waals surface area contributed by atoms with Crippen LogP contribution in [0.5, 0.6) is 11.5 Å². The van der Waals surface area contributed by atoms with Gasteiger partial charge in [-0.2, -0.15) is 9.50 Å². The van der Waals surface area contributed by atoms with E-state index in [0.29, 0.717) is 33.4 Å². The van der Waals surface area contributed by atoms with Gasteiger partial charge in [-0.1, -0.05) is 45.5 Å². The molecule has 0 fully saturated rings. The molecule has 0 spiro atoms. The second-order valence-electron chi connectivity index (χ2n) is 5.87. The van der Waals surface area contributed by atoms with Gasteiger partial charge in [0.15, 0.2) is 17.3 Å². The number of hydrogen-bond acceptors (Lipinski definition) is 6. The van der Waals surface area contributed by atoms with Gasteiger partial charge in [-0.05, 0) is 42.8 Å². The number of benzene rings is 2. The molecule has 2 aromatic heterocycles. The molecule has 0 bridgehead atoms. The van der Waals surface area contributed by atoms with Crippen molar-refractivity contribution in [1.82, 2.24) is 14.6 Å². The highest BCUT2D eigenvalue weighted by Gasteiger charge is 2.14. The first-order valence-corrected chi connectivity index (χ1v) is 10.2. The molecule has 8 heteroatoms. The fraction of sp³-hybridized carbons (Fsp3) is 0.150. The highest BCUT2D eigenvalue weighted by atomic mass is 79.9. The van der Waals surface area contributed by atoms with Crippen LogP contribution in [0, 0.1) is 0 Å². The fourth-order valence-electron chi connectivity index (χ4n) is 2.79. The first-order chi connectivity index (χ1) is 13.6. The Bertz CT molecular complexity index is 1270. The van der Waals surface area contributed by atoms with Gasteiger partial charge < -0.3 is 9.47 Å². The Morgan fingerprint density at radius 1 is 1.21 bits per heavy atom. The van der Waals surface area contributed by atoms with Gasteiger partial charge in [0.05, 0.1) is 18.2 Å². The number of thiazole rings is 1. The van der Waals surface area contributed by atoms with E-state index in [4.69, 9.17) is 9.47 Å². The molecule has 0 unspecified atom stereocenters. The van der Waals surface area contributed by atoms with Crippen molar-refractivity contribution in [3.05, 3.63) is 67.4 Å². The zero-order chi connectivity index (χ0) is 19.7. The van der Waals surface area contributed by atoms with E-state index in [9.17, 15) is 4.79 Å². The van der Waals surface area contributed by atoms with Crippen molar-refractivity contribution in [2.24, 2.45) is 0 Å². The molecule has 0 aliphatic carbocycles. The summed E-state index contributed by atoms with van der Waals surface area (Å²) in [6.45, 7) is 2.47. The number of fused-ring (bicyclic) bond motifs is 1. The molecule has 2 heterocycles. The SMILES string of the molecule is CCOc1ccc(/C=c2/sc3nc(-c4ccccc4Br)nn3c2=O)cc1OC. The van der Waals surface area contributed by atoms with Gasteiger partial charge >= 0.3 is 0 Å². The molecular weight excluding hydrogens is 442 g/mol. The van der Waals surface area contributed by atoms with Crippen molar-refractivity contribution in [2.75, 3.05) is 13.7 Å². The molecule has 0 atom stereocenters. The molecular formula is C20H16BrN3O3S. The summed E-state index contributed by atoms with van der Waals surface area (Å²) in [5, 5.41) is 4.39. The maximum Gasteiger partial charge on any atom is 0.291 e. The molecule has 0 aliphatic heterocycles. The van der Waals surface area contributed by atoms with Crippen molar-refractivity contribution in [3.8, 4) is 22.9 Å². The van der Waals surface area contributed by atoms with Crippen LogP contribution in [0.1, 0.15) is 12.5 Å². The molecule has 4 aromatic rings. The molecule has 0 saturated heterocycles. The molecule has 6 nitrogen and oxygen atoms in total. The van der Waals surface area contributed by atoms with Gasteiger partial charge in [0.2, 0.25) is 4.96 Å². The van der Waals surface area contributed by atoms with Crippen LogP contribution in [-0.2, 0) is 0 Å². The Morgan fingerprint density at radius 3 is 2.75 bits per heavy atom. The monoisotopic (exact) mass is 457 g/mol. The van der Waals surface area contributed by atoms with E-state index in [1.165, 1.54) is 15.9 Å². The van der Waals surface area contributed by atoms with Crippen LogP contribution < -0.4 is 19.6 Å². The smallest absolute Gasteiger partial charge is 0.291 e. The lowest BCUT2D eigenvalue weighted by Gasteiger charge is -2.09. The Balaban J connectivity index is 1.76. The molecule has 0 aliphatic rings. The summed E-state index contributed by atoms with van der Waals surface area (Å²) in [5.74, 6) is 1.81. The maximum atomic E-state index is 12.8. The third-order valence-electron chi connectivity index (χ3n) is 4.08. The molecule has 0 saturated carbocycles. The summed E-state index contributed by atoms with van der Waals surface area (Å²) in [5.41, 5.74) is 1.49. The largest absolute Gasteiger partial charge is 0.493 e. The van der Waals surface area contributed by atoms with E-state index in [2.05, 4.69) is 26.0 Å². The first kappa shape index (κ1) is 18.6. The topological polar surface area (TPSA) is 65.7 Å². The van der Waals surface area contributed by atoms with Crippen LogP contribution in [0.15, 0.2) is 51.7 Å². The molecule has 0 N–H and O–H groups in total. The van der Waals surface area contributed by atoms with Crippen molar-refractivity contribution in [3.63, 3.8) is 0 Å². The van der Waals surface area contributed by atoms with E-state index in [0.717, 1.165) is 15.6 Å². The number of rotatable bonds is 5. The maximum absolute atomic E-state index is 12.8. The van der Waals surface area contributed by atoms with E-state index in [-0.39, 0.29) is 5.56 Å². The average molecular weight is 458 g/mol. The molecule has 0 radical (unpaired) electrons. The van der Waals surface area contributed by atoms with Gasteiger partial charge in [0.25, 0.3) is 5.56 Å². The van der Waals surface area contributed by atoms with Crippen LogP contribution in [0.25, 0.3) is 22.4 Å². The number of aromatic nitrogens is 3. The minimum atomic E-state index is -0.196. The molecule has 2 aromatic carbocycles. The molecule has 28 heavy (non-hydrogen) atoms. The Hall–Kier alpha value is -2.71. The second kappa shape index (κ2) is 7.73. The summed E-state index contributed by atoms with van der Waals surface area (Å²) in [7, 11) is 1.59. The standard InChI is InChI=1S/C20H16BrN3O3S/c1-3-27-15-9-8-12(10-16(15)26-2)11-17-19(25)24-20(28-17)22-18(23-24)13-6-4-5-7-14(13)21/h4-11H,3H2,1-2H3/b17-11+. The third kappa shape index (κ3) is 3.41. The number of nitrogens with zero attached hydrogens (tertiary/aromatic N) is 3. The molecule has 4 rings (SSSR count). The predicted molar refractivity (Wildman–Crippen MR) is 113 cm³/mol. The summed E-state index contributed by atoms with van der Waals surface area (Å²) in [6, 6.07) is 13.2. The van der Waals surface area contributed by atoms with E-state index >= 15 is 0 Å². The second-order valence-corrected chi connectivity index (χ2v) is 7.73. The molecule has 142 valence electrons. The lowest BCUT2D eigenvalue weighted by molar-refractivity contribution is 0.311. The van der Waals surface area contributed by atoms with Crippen LogP contribution in [0.3, 0.4) is 0 Å². The zero-order valence-corrected chi connectivity index (χ0v) is 17.6. The van der Waals surface area contributed by atoms with Gasteiger partial charge in [-0.25, -0.2) is 0 Å². The van der Waals surface area contributed by atoms with Gasteiger partial charge in [0, 0.05) is 10.0 Å². The fourth-order valence-corrected chi connectivity index (χ4v) is 4.16. The summed E-state index contributed by atoms with van der Waals surface area (Å²) in [6.07, 6.45) is 1.81. The summed E-state index contributed by atoms with van der Waals surface area (Å²) in [4.78, 5) is 17.8. The van der Waals surface area contributed by atoms with Crippen LogP contribution in [0.2, 0.25) is 0 Å². The van der Waals surface area contributed by atoms with Gasteiger partial charge in [-0.3, -0.25) is 4.79 Å². The normalized spacial score (nSPS) is 11.9. The quantitative estimate of drug-likeness (QED) is 0.458. The number of hydrogen-bond donors (Lipinski definition) is 0. The van der Waals surface area contributed by atoms with Crippen molar-refractivity contribution in [1.29, 1.82) is 0 Å². The highest BCUT2D eigenvalue weighted by molar-refractivity contribution is 9.10. The third-order valence-corrected chi connectivity index (χ3v) is 5.73. The van der Waals surface area contributed by atoms with Crippen LogP contribution in [-0.4, -0.2) is 28.3 Å². The average Bonchev–Trinajstić information content (AvgIpc) is 3.23. The Morgan fingerprint density at radius 2 is 2.04 bits per heavy atom. The minimum absolute atomic E-state index is 0.196. The first-order valence-electron chi connectivity index (χ1n) is 8.57. The van der Waals surface area contributed by atoms with Gasteiger partial charge in [-0.15, -0.1) is 5.10 Å². The summed E-state index contributed by atoms with van der Waals surface area (Å²) < 4.78 is 13.7. The van der Waals surface area contributed by atoms with Crippen molar-refractivity contribution >= 4 is 38.3 Å². The predicted octanol–water partition coefficient (Wildman–Crippen LogP) is 3.54. The van der Waals surface area contributed by atoms with E-state index < -0.39 is 0 Å². The number of ether oxygens (including phenoxy) is 2. The zero-order valence-electron chi connectivity index (χ0n) is 15.2. The summed E-state index contributed by atoms with van der Waals surface area (Å²) >= 11 is 4.80. The lowest BCUT2D eigenvalue weighted by atomic mass is 10.2.